The molecule has 0 aliphatic carbocycles. The fourth-order valence-electron chi connectivity index (χ4n) is 3.31. The van der Waals surface area contributed by atoms with Crippen molar-refractivity contribution in [3.8, 4) is 0 Å². The van der Waals surface area contributed by atoms with Crippen molar-refractivity contribution in [2.24, 2.45) is 4.99 Å². The van der Waals surface area contributed by atoms with E-state index in [1.54, 1.807) is 31.7 Å². The van der Waals surface area contributed by atoms with Crippen LogP contribution in [0.2, 0.25) is 0 Å². The van der Waals surface area contributed by atoms with E-state index in [0.717, 1.165) is 22.4 Å². The van der Waals surface area contributed by atoms with E-state index < -0.39 is 0 Å². The molecule has 2 N–H and O–H groups in total. The molecule has 26 heavy (non-hydrogen) atoms. The largest absolute Gasteiger partial charge is 0.386 e. The van der Waals surface area contributed by atoms with Crippen LogP contribution in [0.25, 0.3) is 11.0 Å². The summed E-state index contributed by atoms with van der Waals surface area (Å²) in [5.41, 5.74) is 3.05. The molecule has 1 aromatic carbocycles. The van der Waals surface area contributed by atoms with Gasteiger partial charge in [0, 0.05) is 37.6 Å². The molecular formula is C19H19FN6. The lowest BCUT2D eigenvalue weighted by Crippen LogP contribution is -2.36. The minimum atomic E-state index is -0.280. The summed E-state index contributed by atoms with van der Waals surface area (Å²) in [6, 6.07) is 6.98. The van der Waals surface area contributed by atoms with Crippen molar-refractivity contribution in [3.05, 3.63) is 60.5 Å². The highest BCUT2D eigenvalue weighted by molar-refractivity contribution is 5.80. The van der Waals surface area contributed by atoms with Crippen LogP contribution in [0, 0.1) is 5.82 Å². The third kappa shape index (κ3) is 2.71. The number of allylic oxidation sites excluding steroid dienone is 1. The zero-order chi connectivity index (χ0) is 18.1. The molecule has 2 unspecified atom stereocenters. The van der Waals surface area contributed by atoms with Gasteiger partial charge in [0.05, 0.1) is 17.3 Å². The summed E-state index contributed by atoms with van der Waals surface area (Å²) in [7, 11) is 3.66. The Morgan fingerprint density at radius 1 is 1.23 bits per heavy atom. The van der Waals surface area contributed by atoms with E-state index >= 15 is 0 Å². The first kappa shape index (κ1) is 16.3. The number of halogens is 1. The zero-order valence-electron chi connectivity index (χ0n) is 14.5. The molecule has 3 aromatic rings. The van der Waals surface area contributed by atoms with Crippen LogP contribution < -0.4 is 10.2 Å². The molecular weight excluding hydrogens is 331 g/mol. The monoisotopic (exact) mass is 350 g/mol. The summed E-state index contributed by atoms with van der Waals surface area (Å²) in [5.74, 6) is -0.326. The van der Waals surface area contributed by atoms with Gasteiger partial charge in [-0.2, -0.15) is 0 Å². The summed E-state index contributed by atoms with van der Waals surface area (Å²) in [6.45, 7) is 0. The van der Waals surface area contributed by atoms with Crippen LogP contribution in [0.1, 0.15) is 11.6 Å². The number of aromatic amines is 1. The van der Waals surface area contributed by atoms with Gasteiger partial charge in [0.1, 0.15) is 24.0 Å². The first-order valence-electron chi connectivity index (χ1n) is 8.37. The lowest BCUT2D eigenvalue weighted by Gasteiger charge is -2.33. The van der Waals surface area contributed by atoms with Gasteiger partial charge in [0.25, 0.3) is 0 Å². The number of nitrogens with zero attached hydrogens (tertiary/aromatic N) is 4. The minimum Gasteiger partial charge on any atom is -0.386 e. The number of likely N-dealkylation sites (N-methyl/N-ethyl adjacent to an activating group) is 1. The molecule has 0 bridgehead atoms. The average Bonchev–Trinajstić information content (AvgIpc) is 3.17. The quantitative estimate of drug-likeness (QED) is 0.757. The van der Waals surface area contributed by atoms with Crippen molar-refractivity contribution in [2.45, 2.75) is 12.1 Å². The van der Waals surface area contributed by atoms with Gasteiger partial charge in [-0.15, -0.1) is 0 Å². The van der Waals surface area contributed by atoms with Crippen LogP contribution in [-0.4, -0.2) is 41.4 Å². The Morgan fingerprint density at radius 3 is 2.96 bits per heavy atom. The van der Waals surface area contributed by atoms with Crippen molar-refractivity contribution >= 4 is 28.6 Å². The normalized spacial score (nSPS) is 19.0. The molecule has 4 rings (SSSR count). The Kier molecular flexibility index (Phi) is 4.12. The number of anilines is 2. The molecule has 0 amide bonds. The minimum absolute atomic E-state index is 0.0469. The molecule has 7 heteroatoms. The summed E-state index contributed by atoms with van der Waals surface area (Å²) in [4.78, 5) is 18.6. The van der Waals surface area contributed by atoms with E-state index in [2.05, 4.69) is 31.3 Å². The van der Waals surface area contributed by atoms with Crippen LogP contribution in [0.3, 0.4) is 0 Å². The van der Waals surface area contributed by atoms with Crippen LogP contribution >= 0.6 is 0 Å². The Morgan fingerprint density at radius 2 is 2.12 bits per heavy atom. The highest BCUT2D eigenvalue weighted by atomic mass is 19.1. The third-order valence-corrected chi connectivity index (χ3v) is 4.69. The fraction of sp³-hybridized carbons (Fsp3) is 0.211. The van der Waals surface area contributed by atoms with E-state index in [4.69, 9.17) is 0 Å². The molecule has 2 aromatic heterocycles. The predicted octanol–water partition coefficient (Wildman–Crippen LogP) is 3.33. The van der Waals surface area contributed by atoms with Crippen LogP contribution in [0.15, 0.2) is 53.9 Å². The second-order valence-electron chi connectivity index (χ2n) is 6.15. The number of hydrogen-bond acceptors (Lipinski definition) is 5. The van der Waals surface area contributed by atoms with E-state index in [0.29, 0.717) is 5.69 Å². The van der Waals surface area contributed by atoms with Gasteiger partial charge < -0.3 is 15.2 Å². The number of nitrogens with one attached hydrogen (secondary N) is 2. The lowest BCUT2D eigenvalue weighted by atomic mass is 9.96. The van der Waals surface area contributed by atoms with Gasteiger partial charge in [-0.1, -0.05) is 6.08 Å². The van der Waals surface area contributed by atoms with Crippen LogP contribution in [0.5, 0.6) is 0 Å². The maximum atomic E-state index is 13.8. The number of aromatic nitrogens is 3. The van der Waals surface area contributed by atoms with Gasteiger partial charge in [0.2, 0.25) is 0 Å². The van der Waals surface area contributed by atoms with E-state index in [1.165, 1.54) is 6.07 Å². The van der Waals surface area contributed by atoms with E-state index in [1.807, 2.05) is 30.3 Å². The first-order chi connectivity index (χ1) is 12.7. The molecule has 1 aliphatic heterocycles. The van der Waals surface area contributed by atoms with Crippen molar-refractivity contribution in [2.75, 3.05) is 24.3 Å². The van der Waals surface area contributed by atoms with Crippen molar-refractivity contribution in [3.63, 3.8) is 0 Å². The second kappa shape index (κ2) is 6.59. The van der Waals surface area contributed by atoms with Crippen LogP contribution in [0.4, 0.5) is 15.8 Å². The Bertz CT molecular complexity index is 993. The molecule has 0 radical (unpaired) electrons. The maximum absolute atomic E-state index is 13.8. The number of benzene rings is 1. The fourth-order valence-corrected chi connectivity index (χ4v) is 3.31. The number of H-pyrrole nitrogens is 1. The standard InChI is InChI=1S/C19H19FN6/c1-21-16-10-12(5-6-15(16)20)26(2)19-14(4-3-8-23-19)17-13-7-9-22-18(13)25-11-24-17/h3-11,14,19,21H,1-2H3,(H,22,24,25). The summed E-state index contributed by atoms with van der Waals surface area (Å²) in [6.07, 6.45) is 9.04. The van der Waals surface area contributed by atoms with Gasteiger partial charge in [-0.3, -0.25) is 4.99 Å². The van der Waals surface area contributed by atoms with Crippen LogP contribution in [-0.2, 0) is 0 Å². The third-order valence-electron chi connectivity index (χ3n) is 4.69. The molecule has 2 atom stereocenters. The van der Waals surface area contributed by atoms with Crippen molar-refractivity contribution in [1.29, 1.82) is 0 Å². The molecule has 1 aliphatic rings. The first-order valence-corrected chi connectivity index (χ1v) is 8.37. The molecule has 6 nitrogen and oxygen atoms in total. The predicted molar refractivity (Wildman–Crippen MR) is 102 cm³/mol. The smallest absolute Gasteiger partial charge is 0.146 e. The molecule has 3 heterocycles. The second-order valence-corrected chi connectivity index (χ2v) is 6.15. The Hall–Kier alpha value is -3.22. The van der Waals surface area contributed by atoms with Crippen molar-refractivity contribution in [1.82, 2.24) is 15.0 Å². The number of hydrogen-bond donors (Lipinski definition) is 2. The molecule has 0 fully saturated rings. The summed E-state index contributed by atoms with van der Waals surface area (Å²) >= 11 is 0. The maximum Gasteiger partial charge on any atom is 0.146 e. The zero-order valence-corrected chi connectivity index (χ0v) is 14.5. The molecule has 132 valence electrons. The number of aliphatic imine (C=N–C) groups is 1. The highest BCUT2D eigenvalue weighted by Crippen LogP contribution is 2.33. The van der Waals surface area contributed by atoms with E-state index in [9.17, 15) is 4.39 Å². The topological polar surface area (TPSA) is 69.2 Å². The number of fused-ring (bicyclic) bond motifs is 1. The summed E-state index contributed by atoms with van der Waals surface area (Å²) in [5, 5.41) is 3.86. The number of rotatable bonds is 4. The molecule has 0 spiro atoms. The molecule has 0 saturated heterocycles. The SMILES string of the molecule is CNc1cc(N(C)C2N=CC=CC2c2ncnc3[nH]ccc23)ccc1F. The van der Waals surface area contributed by atoms with Gasteiger partial charge >= 0.3 is 0 Å². The number of dihydropyridines is 1. The van der Waals surface area contributed by atoms with Crippen molar-refractivity contribution < 1.29 is 4.39 Å². The molecule has 0 saturated carbocycles. The Labute approximate surface area is 150 Å². The van der Waals surface area contributed by atoms with E-state index in [-0.39, 0.29) is 17.9 Å². The van der Waals surface area contributed by atoms with Gasteiger partial charge in [-0.05, 0) is 30.3 Å². The average molecular weight is 350 g/mol. The Balaban J connectivity index is 1.73. The van der Waals surface area contributed by atoms with Gasteiger partial charge in [-0.25, -0.2) is 14.4 Å². The summed E-state index contributed by atoms with van der Waals surface area (Å²) < 4.78 is 13.8. The highest BCUT2D eigenvalue weighted by Gasteiger charge is 2.29. The van der Waals surface area contributed by atoms with Gasteiger partial charge in [0.15, 0.2) is 0 Å². The lowest BCUT2D eigenvalue weighted by molar-refractivity contribution is 0.586.